The van der Waals surface area contributed by atoms with E-state index in [1.54, 1.807) is 42.7 Å². The number of pyridine rings is 1. The number of sulfonamides is 1. The summed E-state index contributed by atoms with van der Waals surface area (Å²) in [6.45, 7) is 1.87. The summed E-state index contributed by atoms with van der Waals surface area (Å²) in [5.41, 5.74) is 3.48. The summed E-state index contributed by atoms with van der Waals surface area (Å²) >= 11 is 0. The number of carbonyl (C=O) groups is 1. The monoisotopic (exact) mass is 520 g/mol. The lowest BCUT2D eigenvalue weighted by molar-refractivity contribution is -0.126. The number of amides is 1. The fourth-order valence-corrected chi connectivity index (χ4v) is 6.22. The third-order valence-corrected chi connectivity index (χ3v) is 8.54. The molecule has 1 amide bonds. The summed E-state index contributed by atoms with van der Waals surface area (Å²) < 4.78 is 42.2. The minimum Gasteiger partial charge on any atom is -0.354 e. The first kappa shape index (κ1) is 25.1. The molecule has 4 aromatic rings. The molecule has 0 bridgehead atoms. The minimum absolute atomic E-state index is 0.0551. The van der Waals surface area contributed by atoms with Gasteiger partial charge in [0.25, 0.3) is 0 Å². The standard InChI is InChI=1S/C28H29FN4O3S/c1-18(19-4-8-23(29)9-5-19)31-28(34)20-6-10-24(11-7-20)33-37(35,36)25-12-13-26-22(15-25)16-27(32-26)21-3-2-14-30-17-21/h2-5,8-9,12-18,20,24,32-33H,6-7,10-11H2,1H3,(H,31,34)/t18-,20?,24?/m1/s1. The number of nitrogens with one attached hydrogen (secondary N) is 3. The van der Waals surface area contributed by atoms with E-state index in [9.17, 15) is 17.6 Å². The van der Waals surface area contributed by atoms with E-state index in [0.717, 1.165) is 27.7 Å². The van der Waals surface area contributed by atoms with Crippen molar-refractivity contribution in [3.63, 3.8) is 0 Å². The fraction of sp³-hybridized carbons (Fsp3) is 0.286. The molecule has 1 fully saturated rings. The van der Waals surface area contributed by atoms with Crippen LogP contribution in [0.1, 0.15) is 44.2 Å². The van der Waals surface area contributed by atoms with Crippen LogP contribution in [-0.4, -0.2) is 30.3 Å². The van der Waals surface area contributed by atoms with Crippen LogP contribution < -0.4 is 10.0 Å². The van der Waals surface area contributed by atoms with E-state index in [1.807, 2.05) is 25.1 Å². The molecule has 0 radical (unpaired) electrons. The maximum Gasteiger partial charge on any atom is 0.240 e. The summed E-state index contributed by atoms with van der Waals surface area (Å²) in [5.74, 6) is -0.545. The molecule has 37 heavy (non-hydrogen) atoms. The quantitative estimate of drug-likeness (QED) is 0.316. The van der Waals surface area contributed by atoms with Crippen LogP contribution in [-0.2, 0) is 14.8 Å². The molecule has 2 aromatic carbocycles. The molecule has 0 spiro atoms. The van der Waals surface area contributed by atoms with Gasteiger partial charge in [-0.2, -0.15) is 0 Å². The molecule has 0 unspecified atom stereocenters. The van der Waals surface area contributed by atoms with E-state index in [4.69, 9.17) is 0 Å². The summed E-state index contributed by atoms with van der Waals surface area (Å²) in [6.07, 6.45) is 5.82. The molecule has 1 aliphatic carbocycles. The van der Waals surface area contributed by atoms with Crippen LogP contribution in [0.2, 0.25) is 0 Å². The third-order valence-electron chi connectivity index (χ3n) is 7.02. The van der Waals surface area contributed by atoms with Crippen molar-refractivity contribution < 1.29 is 17.6 Å². The van der Waals surface area contributed by atoms with Gasteiger partial charge in [0.05, 0.1) is 10.9 Å². The van der Waals surface area contributed by atoms with E-state index in [0.29, 0.717) is 25.7 Å². The predicted molar refractivity (Wildman–Crippen MR) is 141 cm³/mol. The Morgan fingerprint density at radius 2 is 1.81 bits per heavy atom. The van der Waals surface area contributed by atoms with E-state index in [-0.39, 0.29) is 34.6 Å². The van der Waals surface area contributed by atoms with Gasteiger partial charge in [-0.15, -0.1) is 0 Å². The number of hydrogen-bond acceptors (Lipinski definition) is 4. The number of carbonyl (C=O) groups excluding carboxylic acids is 1. The zero-order valence-corrected chi connectivity index (χ0v) is 21.3. The van der Waals surface area contributed by atoms with Gasteiger partial charge in [-0.25, -0.2) is 17.5 Å². The molecule has 0 saturated heterocycles. The number of hydrogen-bond donors (Lipinski definition) is 3. The molecule has 192 valence electrons. The molecule has 7 nitrogen and oxygen atoms in total. The largest absolute Gasteiger partial charge is 0.354 e. The zero-order chi connectivity index (χ0) is 26.0. The number of aromatic nitrogens is 2. The van der Waals surface area contributed by atoms with Crippen LogP contribution in [0.25, 0.3) is 22.2 Å². The van der Waals surface area contributed by atoms with Crippen molar-refractivity contribution in [1.29, 1.82) is 0 Å². The zero-order valence-electron chi connectivity index (χ0n) is 20.4. The number of halogens is 1. The summed E-state index contributed by atoms with van der Waals surface area (Å²) in [4.78, 5) is 20.4. The van der Waals surface area contributed by atoms with Crippen LogP contribution >= 0.6 is 0 Å². The van der Waals surface area contributed by atoms with Gasteiger partial charge in [-0.1, -0.05) is 12.1 Å². The molecule has 9 heteroatoms. The number of H-pyrrole nitrogens is 1. The average Bonchev–Trinajstić information content (AvgIpc) is 3.33. The highest BCUT2D eigenvalue weighted by molar-refractivity contribution is 7.89. The van der Waals surface area contributed by atoms with Gasteiger partial charge in [0.1, 0.15) is 5.82 Å². The van der Waals surface area contributed by atoms with Gasteiger partial charge in [0.15, 0.2) is 0 Å². The molecule has 1 aliphatic rings. The van der Waals surface area contributed by atoms with Crippen LogP contribution in [0.5, 0.6) is 0 Å². The van der Waals surface area contributed by atoms with E-state index in [2.05, 4.69) is 20.0 Å². The third kappa shape index (κ3) is 5.73. The van der Waals surface area contributed by atoms with E-state index >= 15 is 0 Å². The van der Waals surface area contributed by atoms with E-state index < -0.39 is 10.0 Å². The summed E-state index contributed by atoms with van der Waals surface area (Å²) in [5, 5.41) is 3.80. The van der Waals surface area contributed by atoms with E-state index in [1.165, 1.54) is 12.1 Å². The van der Waals surface area contributed by atoms with Crippen LogP contribution in [0.15, 0.2) is 78.0 Å². The molecule has 1 saturated carbocycles. The molecular formula is C28H29FN4O3S. The average molecular weight is 521 g/mol. The Kier molecular flexibility index (Phi) is 7.08. The van der Waals surface area contributed by atoms with Gasteiger partial charge in [-0.3, -0.25) is 9.78 Å². The van der Waals surface area contributed by atoms with Crippen LogP contribution in [0, 0.1) is 11.7 Å². The Balaban J connectivity index is 1.19. The maximum atomic E-state index is 13.2. The molecular weight excluding hydrogens is 491 g/mol. The Labute approximate surface area is 215 Å². The second-order valence-corrected chi connectivity index (χ2v) is 11.3. The number of nitrogens with zero attached hydrogens (tertiary/aromatic N) is 1. The molecule has 0 aliphatic heterocycles. The second kappa shape index (κ2) is 10.4. The molecule has 1 atom stereocenters. The fourth-order valence-electron chi connectivity index (χ4n) is 4.88. The normalized spacial score (nSPS) is 19.0. The number of aromatic amines is 1. The Hall–Kier alpha value is -3.56. The van der Waals surface area contributed by atoms with Crippen molar-refractivity contribution in [3.8, 4) is 11.3 Å². The van der Waals surface area contributed by atoms with Gasteiger partial charge < -0.3 is 10.3 Å². The van der Waals surface area contributed by atoms with Gasteiger partial charge in [0.2, 0.25) is 15.9 Å². The van der Waals surface area contributed by atoms with Crippen molar-refractivity contribution >= 4 is 26.8 Å². The first-order valence-electron chi connectivity index (χ1n) is 12.4. The number of fused-ring (bicyclic) bond motifs is 1. The van der Waals surface area contributed by atoms with Crippen molar-refractivity contribution in [2.75, 3.05) is 0 Å². The Morgan fingerprint density at radius 1 is 1.05 bits per heavy atom. The number of rotatable bonds is 7. The maximum absolute atomic E-state index is 13.2. The second-order valence-electron chi connectivity index (χ2n) is 9.63. The minimum atomic E-state index is -3.71. The highest BCUT2D eigenvalue weighted by atomic mass is 32.2. The molecule has 2 aromatic heterocycles. The van der Waals surface area contributed by atoms with Gasteiger partial charge >= 0.3 is 0 Å². The Morgan fingerprint density at radius 3 is 2.51 bits per heavy atom. The van der Waals surface area contributed by atoms with Crippen LogP contribution in [0.4, 0.5) is 4.39 Å². The van der Waals surface area contributed by atoms with Crippen molar-refractivity contribution in [1.82, 2.24) is 20.0 Å². The van der Waals surface area contributed by atoms with Gasteiger partial charge in [0, 0.05) is 46.5 Å². The summed E-state index contributed by atoms with van der Waals surface area (Å²) in [6, 6.07) is 16.4. The highest BCUT2D eigenvalue weighted by Gasteiger charge is 2.30. The molecule has 5 rings (SSSR count). The van der Waals surface area contributed by atoms with Gasteiger partial charge in [-0.05, 0) is 86.7 Å². The van der Waals surface area contributed by atoms with Crippen LogP contribution in [0.3, 0.4) is 0 Å². The lowest BCUT2D eigenvalue weighted by Crippen LogP contribution is -2.41. The Bertz CT molecular complexity index is 1500. The number of benzene rings is 2. The van der Waals surface area contributed by atoms with Crippen molar-refractivity contribution in [3.05, 3.63) is 84.4 Å². The summed E-state index contributed by atoms with van der Waals surface area (Å²) in [7, 11) is -3.71. The smallest absolute Gasteiger partial charge is 0.240 e. The topological polar surface area (TPSA) is 104 Å². The highest BCUT2D eigenvalue weighted by Crippen LogP contribution is 2.29. The molecule has 2 heterocycles. The van der Waals surface area contributed by atoms with Crippen molar-refractivity contribution in [2.24, 2.45) is 5.92 Å². The van der Waals surface area contributed by atoms with Crippen molar-refractivity contribution in [2.45, 2.75) is 49.6 Å². The lowest BCUT2D eigenvalue weighted by atomic mass is 9.85. The first-order chi connectivity index (χ1) is 17.8. The molecule has 3 N–H and O–H groups in total. The SMILES string of the molecule is C[C@@H](NC(=O)C1CCC(NS(=O)(=O)c2ccc3[nH]c(-c4cccnc4)cc3c2)CC1)c1ccc(F)cc1. The lowest BCUT2D eigenvalue weighted by Gasteiger charge is -2.29. The first-order valence-corrected chi connectivity index (χ1v) is 13.9. The predicted octanol–water partition coefficient (Wildman–Crippen LogP) is 5.08.